The van der Waals surface area contributed by atoms with Crippen LogP contribution in [0.15, 0.2) is 146 Å². The molecule has 0 spiro atoms. The maximum atomic E-state index is 5.34. The molecule has 2 aliphatic heterocycles. The first-order valence-electron chi connectivity index (χ1n) is 16.8. The van der Waals surface area contributed by atoms with Crippen molar-refractivity contribution in [2.24, 2.45) is 0 Å². The van der Waals surface area contributed by atoms with Crippen LogP contribution in [0.1, 0.15) is 22.8 Å². The summed E-state index contributed by atoms with van der Waals surface area (Å²) >= 11 is 0. The summed E-state index contributed by atoms with van der Waals surface area (Å²) in [5.41, 5.74) is 13.0. The van der Waals surface area contributed by atoms with Gasteiger partial charge >= 0.3 is 16.5 Å². The van der Waals surface area contributed by atoms with E-state index in [1.54, 1.807) is 0 Å². The Balaban J connectivity index is 0.00000348. The molecule has 5 heterocycles. The maximum absolute atomic E-state index is 5.34. The number of benzene rings is 5. The van der Waals surface area contributed by atoms with Gasteiger partial charge in [0.2, 0.25) is 0 Å². The second-order valence-corrected chi connectivity index (χ2v) is 12.7. The van der Waals surface area contributed by atoms with Gasteiger partial charge < -0.3 is 9.97 Å². The van der Waals surface area contributed by atoms with E-state index in [4.69, 9.17) is 19.9 Å². The van der Waals surface area contributed by atoms with E-state index in [0.29, 0.717) is 0 Å². The van der Waals surface area contributed by atoms with Gasteiger partial charge in [-0.25, -0.2) is 9.97 Å². The second-order valence-electron chi connectivity index (χ2n) is 12.7. The minimum absolute atomic E-state index is 0. The summed E-state index contributed by atoms with van der Waals surface area (Å²) in [4.78, 5) is 21.0. The van der Waals surface area contributed by atoms with Crippen molar-refractivity contribution in [3.8, 4) is 33.4 Å². The van der Waals surface area contributed by atoms with Crippen molar-refractivity contribution in [1.82, 2.24) is 19.9 Å². The first-order chi connectivity index (χ1) is 24.7. The van der Waals surface area contributed by atoms with Crippen LogP contribution in [-0.2, 0) is 16.5 Å². The number of aromatic nitrogens is 4. The molecule has 0 atom stereocenters. The van der Waals surface area contributed by atoms with E-state index < -0.39 is 0 Å². The van der Waals surface area contributed by atoms with Crippen LogP contribution >= 0.6 is 0 Å². The van der Waals surface area contributed by atoms with Crippen LogP contribution < -0.4 is 9.97 Å². The summed E-state index contributed by atoms with van der Waals surface area (Å²) in [5, 5.41) is 4.74. The Labute approximate surface area is 304 Å². The van der Waals surface area contributed by atoms with Crippen molar-refractivity contribution in [2.45, 2.75) is 0 Å². The van der Waals surface area contributed by atoms with Gasteiger partial charge in [-0.2, -0.15) is 0 Å². The third-order valence-corrected chi connectivity index (χ3v) is 9.57. The molecule has 0 amide bonds. The molecule has 5 aromatic carbocycles. The zero-order chi connectivity index (χ0) is 33.0. The summed E-state index contributed by atoms with van der Waals surface area (Å²) < 4.78 is 0. The van der Waals surface area contributed by atoms with E-state index in [0.717, 1.165) is 78.2 Å². The number of fused-ring (bicyclic) bond motifs is 10. The summed E-state index contributed by atoms with van der Waals surface area (Å²) in [6, 6.07) is 50.9. The van der Waals surface area contributed by atoms with Crippen LogP contribution in [0.3, 0.4) is 0 Å². The van der Waals surface area contributed by atoms with E-state index in [9.17, 15) is 0 Å². The van der Waals surface area contributed by atoms with Gasteiger partial charge in [0, 0.05) is 0 Å². The Morgan fingerprint density at radius 3 is 1.47 bits per heavy atom. The average Bonchev–Trinajstić information content (AvgIpc) is 4.00. The van der Waals surface area contributed by atoms with E-state index >= 15 is 0 Å². The third kappa shape index (κ3) is 5.49. The second kappa shape index (κ2) is 12.6. The molecule has 242 valence electrons. The molecule has 51 heavy (non-hydrogen) atoms. The summed E-state index contributed by atoms with van der Waals surface area (Å²) in [6.07, 6.45) is 8.37. The van der Waals surface area contributed by atoms with Gasteiger partial charge in [0.05, 0.1) is 22.8 Å². The predicted molar refractivity (Wildman–Crippen MR) is 208 cm³/mol. The van der Waals surface area contributed by atoms with Crippen LogP contribution in [-0.4, -0.2) is 9.97 Å². The van der Waals surface area contributed by atoms with Gasteiger partial charge in [-0.1, -0.05) is 133 Å². The summed E-state index contributed by atoms with van der Waals surface area (Å²) in [5.74, 6) is 0. The smallest absolute Gasteiger partial charge is 0.657 e. The largest absolute Gasteiger partial charge is 2.00 e. The Hall–Kier alpha value is -6.29. The summed E-state index contributed by atoms with van der Waals surface area (Å²) in [6.45, 7) is 0. The van der Waals surface area contributed by atoms with Crippen LogP contribution in [0.2, 0.25) is 0 Å². The Bertz CT molecular complexity index is 2800. The number of hydrogen-bond donors (Lipinski definition) is 0. The average molecular weight is 695 g/mol. The molecule has 0 fully saturated rings. The van der Waals surface area contributed by atoms with Crippen molar-refractivity contribution >= 4 is 67.9 Å². The van der Waals surface area contributed by atoms with E-state index in [2.05, 4.69) is 158 Å². The van der Waals surface area contributed by atoms with Crippen LogP contribution in [0.5, 0.6) is 0 Å². The molecule has 4 nitrogen and oxygen atoms in total. The topological polar surface area (TPSA) is 54.0 Å². The van der Waals surface area contributed by atoms with E-state index in [1.807, 2.05) is 12.1 Å². The number of hydrogen-bond acceptors (Lipinski definition) is 2. The summed E-state index contributed by atoms with van der Waals surface area (Å²) in [7, 11) is 0. The van der Waals surface area contributed by atoms with Crippen LogP contribution in [0.4, 0.5) is 0 Å². The fourth-order valence-electron chi connectivity index (χ4n) is 7.20. The third-order valence-electron chi connectivity index (χ3n) is 9.57. The Kier molecular flexibility index (Phi) is 7.57. The molecule has 0 aliphatic carbocycles. The quantitative estimate of drug-likeness (QED) is 0.173. The van der Waals surface area contributed by atoms with Crippen molar-refractivity contribution in [1.29, 1.82) is 0 Å². The van der Waals surface area contributed by atoms with Crippen molar-refractivity contribution in [3.05, 3.63) is 168 Å². The van der Waals surface area contributed by atoms with E-state index in [1.165, 1.54) is 21.5 Å². The van der Waals surface area contributed by atoms with Crippen molar-refractivity contribution in [2.75, 3.05) is 0 Å². The molecule has 0 saturated heterocycles. The molecule has 2 aliphatic rings. The first-order valence-corrected chi connectivity index (χ1v) is 16.8. The van der Waals surface area contributed by atoms with Gasteiger partial charge in [0.1, 0.15) is 0 Å². The zero-order valence-electron chi connectivity index (χ0n) is 27.3. The maximum Gasteiger partial charge on any atom is 2.00 e. The monoisotopic (exact) mass is 694 g/mol. The van der Waals surface area contributed by atoms with Crippen LogP contribution in [0, 0.1) is 0 Å². The Morgan fingerprint density at radius 1 is 0.353 bits per heavy atom. The fraction of sp³-hybridized carbons (Fsp3) is 0. The van der Waals surface area contributed by atoms with Crippen LogP contribution in [0.25, 0.3) is 101 Å². The van der Waals surface area contributed by atoms with Crippen molar-refractivity contribution in [3.63, 3.8) is 0 Å². The molecule has 0 unspecified atom stereocenters. The van der Waals surface area contributed by atoms with Gasteiger partial charge in [-0.05, 0) is 91.4 Å². The fourth-order valence-corrected chi connectivity index (χ4v) is 7.20. The molecular formula is C46H28N4Ni. The van der Waals surface area contributed by atoms with Crippen molar-refractivity contribution < 1.29 is 16.5 Å². The minimum Gasteiger partial charge on any atom is -0.657 e. The van der Waals surface area contributed by atoms with Gasteiger partial charge in [0.15, 0.2) is 0 Å². The normalized spacial score (nSPS) is 12.0. The molecule has 10 rings (SSSR count). The number of nitrogens with zero attached hydrogens (tertiary/aromatic N) is 4. The molecule has 0 radical (unpaired) electrons. The van der Waals surface area contributed by atoms with Gasteiger partial charge in [-0.3, -0.25) is 0 Å². The molecular weight excluding hydrogens is 667 g/mol. The van der Waals surface area contributed by atoms with Gasteiger partial charge in [-0.15, -0.1) is 22.1 Å². The molecule has 0 N–H and O–H groups in total. The van der Waals surface area contributed by atoms with E-state index in [-0.39, 0.29) is 16.5 Å². The standard InChI is InChI=1S/C46H28N4.Ni/c1-2-10-31(11-3-1)44-40-22-24-42(49-40)45(34-16-14-29-8-4-6-12-32(29)26-34)38-20-18-36(47-38)28-37-19-21-39(48-37)46(43-25-23-41(44)50-43)35-17-15-30-9-5-7-13-33(30)27-35;/h1-28H;/q-2;+2. The molecule has 8 aromatic rings. The number of rotatable bonds is 3. The zero-order valence-corrected chi connectivity index (χ0v) is 28.3. The first kappa shape index (κ1) is 30.7. The van der Waals surface area contributed by atoms with Gasteiger partial charge in [0.25, 0.3) is 0 Å². The molecule has 3 aromatic heterocycles. The Morgan fingerprint density at radius 2 is 0.843 bits per heavy atom. The minimum atomic E-state index is 0. The SMILES string of the molecule is C1=Cc2nc1cc1ccc([n-]1)c(-c1ccc3ccccc3c1)c1nc(c(-c3ccccc3)c3ccc([n-]3)c2-c2ccc3ccccc3c2)C=C1.[Ni+2]. The predicted octanol–water partition coefficient (Wildman–Crippen LogP) is 11.2. The molecule has 5 heteroatoms. The molecule has 0 saturated carbocycles. The molecule has 8 bridgehead atoms.